The highest BCUT2D eigenvalue weighted by Crippen LogP contribution is 2.12. The zero-order valence-electron chi connectivity index (χ0n) is 9.29. The quantitative estimate of drug-likeness (QED) is 0.763. The first-order valence-corrected chi connectivity index (χ1v) is 4.80. The Kier molecular flexibility index (Phi) is 2.99. The van der Waals surface area contributed by atoms with Crippen LogP contribution in [0.2, 0.25) is 0 Å². The molecule has 0 saturated heterocycles. The fourth-order valence-corrected chi connectivity index (χ4v) is 1.12. The monoisotopic (exact) mass is 194 g/mol. The highest BCUT2D eigenvalue weighted by Gasteiger charge is 2.20. The van der Waals surface area contributed by atoms with Crippen molar-refractivity contribution < 1.29 is 4.79 Å². The van der Waals surface area contributed by atoms with Gasteiger partial charge in [0.15, 0.2) is 0 Å². The van der Waals surface area contributed by atoms with Crippen LogP contribution in [0.5, 0.6) is 0 Å². The van der Waals surface area contributed by atoms with Crippen molar-refractivity contribution in [1.29, 1.82) is 0 Å². The van der Waals surface area contributed by atoms with Gasteiger partial charge in [-0.2, -0.15) is 0 Å². The third-order valence-corrected chi connectivity index (χ3v) is 2.16. The van der Waals surface area contributed by atoms with E-state index in [-0.39, 0.29) is 11.3 Å². The Bertz CT molecular complexity index is 320. The summed E-state index contributed by atoms with van der Waals surface area (Å²) in [4.78, 5) is 11.6. The molecular formula is C11H18N2O. The SMILES string of the molecule is Cn1cccc1CNC(=O)C(C)(C)C. The number of nitrogens with zero attached hydrogens (tertiary/aromatic N) is 1. The molecule has 1 N–H and O–H groups in total. The molecule has 0 aliphatic carbocycles. The smallest absolute Gasteiger partial charge is 0.225 e. The number of amides is 1. The van der Waals surface area contributed by atoms with Crippen LogP contribution in [0, 0.1) is 5.41 Å². The highest BCUT2D eigenvalue weighted by molar-refractivity contribution is 5.81. The van der Waals surface area contributed by atoms with Crippen molar-refractivity contribution in [3.8, 4) is 0 Å². The topological polar surface area (TPSA) is 34.0 Å². The third kappa shape index (κ3) is 2.62. The Balaban J connectivity index is 2.50. The predicted octanol–water partition coefficient (Wildman–Crippen LogP) is 1.69. The maximum Gasteiger partial charge on any atom is 0.225 e. The number of carbonyl (C=O) groups is 1. The van der Waals surface area contributed by atoms with E-state index >= 15 is 0 Å². The first-order valence-electron chi connectivity index (χ1n) is 4.80. The lowest BCUT2D eigenvalue weighted by Gasteiger charge is -2.17. The molecule has 1 aromatic heterocycles. The largest absolute Gasteiger partial charge is 0.353 e. The summed E-state index contributed by atoms with van der Waals surface area (Å²) in [6.45, 7) is 6.33. The van der Waals surface area contributed by atoms with Gasteiger partial charge in [-0.25, -0.2) is 0 Å². The second-order valence-electron chi connectivity index (χ2n) is 4.54. The van der Waals surface area contributed by atoms with Crippen molar-refractivity contribution in [1.82, 2.24) is 9.88 Å². The van der Waals surface area contributed by atoms with Gasteiger partial charge in [-0.15, -0.1) is 0 Å². The molecule has 0 aliphatic heterocycles. The van der Waals surface area contributed by atoms with E-state index in [2.05, 4.69) is 5.32 Å². The fourth-order valence-electron chi connectivity index (χ4n) is 1.12. The van der Waals surface area contributed by atoms with E-state index in [0.717, 1.165) is 5.69 Å². The molecule has 0 fully saturated rings. The Morgan fingerprint density at radius 3 is 2.57 bits per heavy atom. The van der Waals surface area contributed by atoms with Crippen LogP contribution in [0.1, 0.15) is 26.5 Å². The van der Waals surface area contributed by atoms with Gasteiger partial charge in [0.05, 0.1) is 6.54 Å². The van der Waals surface area contributed by atoms with Gasteiger partial charge < -0.3 is 9.88 Å². The molecular weight excluding hydrogens is 176 g/mol. The van der Waals surface area contributed by atoms with Gasteiger partial charge in [0.25, 0.3) is 0 Å². The molecule has 0 spiro atoms. The molecule has 0 bridgehead atoms. The highest BCUT2D eigenvalue weighted by atomic mass is 16.2. The van der Waals surface area contributed by atoms with Crippen molar-refractivity contribution in [2.24, 2.45) is 12.5 Å². The number of hydrogen-bond donors (Lipinski definition) is 1. The van der Waals surface area contributed by atoms with Gasteiger partial charge >= 0.3 is 0 Å². The standard InChI is InChI=1S/C11H18N2O/c1-11(2,3)10(14)12-8-9-6-5-7-13(9)4/h5-7H,8H2,1-4H3,(H,12,14). The van der Waals surface area contributed by atoms with Crippen molar-refractivity contribution in [2.45, 2.75) is 27.3 Å². The molecule has 0 aliphatic rings. The van der Waals surface area contributed by atoms with E-state index in [1.165, 1.54) is 0 Å². The van der Waals surface area contributed by atoms with Crippen molar-refractivity contribution in [2.75, 3.05) is 0 Å². The van der Waals surface area contributed by atoms with Crippen LogP contribution in [-0.4, -0.2) is 10.5 Å². The van der Waals surface area contributed by atoms with E-state index in [1.807, 2.05) is 50.7 Å². The summed E-state index contributed by atoms with van der Waals surface area (Å²) in [5.41, 5.74) is 0.799. The van der Waals surface area contributed by atoms with Gasteiger partial charge in [0.1, 0.15) is 0 Å². The number of aromatic nitrogens is 1. The van der Waals surface area contributed by atoms with Crippen LogP contribution in [0.15, 0.2) is 18.3 Å². The molecule has 3 nitrogen and oxygen atoms in total. The second-order valence-corrected chi connectivity index (χ2v) is 4.54. The van der Waals surface area contributed by atoms with Crippen LogP contribution in [0.4, 0.5) is 0 Å². The summed E-state index contributed by atoms with van der Waals surface area (Å²) >= 11 is 0. The van der Waals surface area contributed by atoms with Gasteiger partial charge in [0, 0.05) is 24.4 Å². The lowest BCUT2D eigenvalue weighted by molar-refractivity contribution is -0.128. The number of carbonyl (C=O) groups excluding carboxylic acids is 1. The first-order chi connectivity index (χ1) is 6.41. The van der Waals surface area contributed by atoms with E-state index in [9.17, 15) is 4.79 Å². The summed E-state index contributed by atoms with van der Waals surface area (Å²) < 4.78 is 2.00. The van der Waals surface area contributed by atoms with Crippen molar-refractivity contribution in [3.05, 3.63) is 24.0 Å². The molecule has 0 aromatic carbocycles. The lowest BCUT2D eigenvalue weighted by atomic mass is 9.96. The molecule has 14 heavy (non-hydrogen) atoms. The minimum absolute atomic E-state index is 0.0821. The van der Waals surface area contributed by atoms with Crippen LogP contribution >= 0.6 is 0 Å². The predicted molar refractivity (Wildman–Crippen MR) is 56.7 cm³/mol. The minimum atomic E-state index is -0.314. The van der Waals surface area contributed by atoms with Gasteiger partial charge in [-0.1, -0.05) is 20.8 Å². The maximum absolute atomic E-state index is 11.6. The Morgan fingerprint density at radius 2 is 2.14 bits per heavy atom. The summed E-state index contributed by atoms with van der Waals surface area (Å²) in [7, 11) is 1.97. The van der Waals surface area contributed by atoms with Crippen LogP contribution in [0.3, 0.4) is 0 Å². The summed E-state index contributed by atoms with van der Waals surface area (Å²) in [6.07, 6.45) is 1.97. The summed E-state index contributed by atoms with van der Waals surface area (Å²) in [5, 5.41) is 2.91. The van der Waals surface area contributed by atoms with Gasteiger partial charge in [-0.3, -0.25) is 4.79 Å². The molecule has 1 heterocycles. The van der Waals surface area contributed by atoms with Gasteiger partial charge in [0.2, 0.25) is 5.91 Å². The number of rotatable bonds is 2. The number of hydrogen-bond acceptors (Lipinski definition) is 1. The molecule has 78 valence electrons. The normalized spacial score (nSPS) is 11.4. The number of aryl methyl sites for hydroxylation is 1. The Hall–Kier alpha value is -1.25. The van der Waals surface area contributed by atoms with E-state index in [0.29, 0.717) is 6.54 Å². The zero-order chi connectivity index (χ0) is 10.8. The average Bonchev–Trinajstić information content (AvgIpc) is 2.45. The molecule has 0 saturated carbocycles. The molecule has 0 radical (unpaired) electrons. The molecule has 1 aromatic rings. The summed E-state index contributed by atoms with van der Waals surface area (Å²) in [6, 6.07) is 3.97. The van der Waals surface area contributed by atoms with Crippen LogP contribution in [0.25, 0.3) is 0 Å². The molecule has 0 unspecified atom stereocenters. The Morgan fingerprint density at radius 1 is 1.50 bits per heavy atom. The van der Waals surface area contributed by atoms with Crippen molar-refractivity contribution in [3.63, 3.8) is 0 Å². The van der Waals surface area contributed by atoms with Crippen LogP contribution in [-0.2, 0) is 18.4 Å². The van der Waals surface area contributed by atoms with E-state index in [4.69, 9.17) is 0 Å². The molecule has 0 atom stereocenters. The van der Waals surface area contributed by atoms with Crippen molar-refractivity contribution >= 4 is 5.91 Å². The fraction of sp³-hybridized carbons (Fsp3) is 0.545. The molecule has 1 amide bonds. The average molecular weight is 194 g/mol. The van der Waals surface area contributed by atoms with E-state index in [1.54, 1.807) is 0 Å². The van der Waals surface area contributed by atoms with Crippen LogP contribution < -0.4 is 5.32 Å². The second kappa shape index (κ2) is 3.86. The zero-order valence-corrected chi connectivity index (χ0v) is 9.29. The molecule has 1 rings (SSSR count). The Labute approximate surface area is 85.1 Å². The number of nitrogens with one attached hydrogen (secondary N) is 1. The van der Waals surface area contributed by atoms with E-state index < -0.39 is 0 Å². The lowest BCUT2D eigenvalue weighted by Crippen LogP contribution is -2.34. The minimum Gasteiger partial charge on any atom is -0.353 e. The maximum atomic E-state index is 11.6. The van der Waals surface area contributed by atoms with Gasteiger partial charge in [-0.05, 0) is 12.1 Å². The molecule has 3 heteroatoms. The summed E-state index contributed by atoms with van der Waals surface area (Å²) in [5.74, 6) is 0.0821. The first kappa shape index (κ1) is 10.8. The third-order valence-electron chi connectivity index (χ3n) is 2.16.